The van der Waals surface area contributed by atoms with E-state index in [-0.39, 0.29) is 19.2 Å². The van der Waals surface area contributed by atoms with E-state index in [1.54, 1.807) is 18.5 Å². The molecule has 2 rings (SSSR count). The Hall–Kier alpha value is -1.32. The first-order chi connectivity index (χ1) is 9.44. The molecule has 2 atom stereocenters. The number of carbonyl (C=O) groups is 1. The van der Waals surface area contributed by atoms with Crippen LogP contribution >= 0.6 is 0 Å². The first-order valence-corrected chi connectivity index (χ1v) is 5.10. The summed E-state index contributed by atoms with van der Waals surface area (Å²) in [6, 6.07) is 0. The Bertz CT molecular complexity index is 597. The van der Waals surface area contributed by atoms with E-state index in [4.69, 9.17) is 11.6 Å². The van der Waals surface area contributed by atoms with E-state index in [1.165, 1.54) is 0 Å². The van der Waals surface area contributed by atoms with Gasteiger partial charge in [-0.05, 0) is 19.7 Å². The van der Waals surface area contributed by atoms with Gasteiger partial charge in [-0.2, -0.15) is 0 Å². The molecule has 1 fully saturated rings. The lowest BCUT2D eigenvalue weighted by molar-refractivity contribution is -0.141. The Morgan fingerprint density at radius 3 is 3.19 bits per heavy atom. The number of cyclic esters (lactones) is 1. The molecule has 0 radical (unpaired) electrons. The maximum absolute atomic E-state index is 11.9. The number of rotatable bonds is 3. The lowest BCUT2D eigenvalue weighted by Gasteiger charge is -2.13. The summed E-state index contributed by atoms with van der Waals surface area (Å²) >= 11 is 0. The second kappa shape index (κ2) is 4.28. The molecule has 1 aromatic rings. The van der Waals surface area contributed by atoms with Crippen LogP contribution < -0.4 is 0 Å². The van der Waals surface area contributed by atoms with Gasteiger partial charge in [0.15, 0.2) is 0 Å². The summed E-state index contributed by atoms with van der Waals surface area (Å²) in [5, 5.41) is 0. The molecule has 16 heavy (non-hydrogen) atoms. The predicted octanol–water partition coefficient (Wildman–Crippen LogP) is 1.47. The Labute approximate surface area is 103 Å². The fourth-order valence-corrected chi connectivity index (χ4v) is 1.71. The molecule has 0 spiro atoms. The SMILES string of the molecule is [2H]c1nc(C)n(C)c1C[C@@]1([2H])COC(=O)[C@@]1([2H])C([2H])([2H])C. The van der Waals surface area contributed by atoms with Crippen molar-refractivity contribution < 1.29 is 16.4 Å². The standard InChI is InChI=1S/C12H18N2O2/c1-4-11-9(7-16-12(11)15)5-10-6-13-8(2)14(10)3/h6,9,11H,4-5,7H2,1-3H3/t9-,11-/m0/s1/i4D2,6D,9D,11D. The predicted molar refractivity (Wildman–Crippen MR) is 59.9 cm³/mol. The molecular weight excluding hydrogens is 204 g/mol. The van der Waals surface area contributed by atoms with Gasteiger partial charge < -0.3 is 9.30 Å². The van der Waals surface area contributed by atoms with Crippen LogP contribution in [0.5, 0.6) is 0 Å². The summed E-state index contributed by atoms with van der Waals surface area (Å²) in [6.07, 6.45) is -2.41. The highest BCUT2D eigenvalue weighted by Gasteiger charge is 2.35. The normalized spacial score (nSPS) is 39.4. The lowest BCUT2D eigenvalue weighted by Crippen LogP contribution is -2.18. The highest BCUT2D eigenvalue weighted by Crippen LogP contribution is 2.28. The molecule has 0 bridgehead atoms. The molecule has 0 aromatic carbocycles. The van der Waals surface area contributed by atoms with Crippen molar-refractivity contribution in [3.8, 4) is 0 Å². The number of nitrogens with zero attached hydrogens (tertiary/aromatic N) is 2. The number of hydrogen-bond acceptors (Lipinski definition) is 3. The van der Waals surface area contributed by atoms with Gasteiger partial charge in [0.25, 0.3) is 0 Å². The van der Waals surface area contributed by atoms with Crippen LogP contribution in [-0.2, 0) is 23.0 Å². The summed E-state index contributed by atoms with van der Waals surface area (Å²) in [6.45, 7) is 2.44. The maximum Gasteiger partial charge on any atom is 0.309 e. The Morgan fingerprint density at radius 1 is 1.88 bits per heavy atom. The van der Waals surface area contributed by atoms with Crippen molar-refractivity contribution >= 4 is 5.97 Å². The van der Waals surface area contributed by atoms with Crippen LogP contribution in [0.15, 0.2) is 6.17 Å². The molecule has 0 saturated carbocycles. The lowest BCUT2D eigenvalue weighted by atomic mass is 9.89. The monoisotopic (exact) mass is 227 g/mol. The smallest absolute Gasteiger partial charge is 0.309 e. The van der Waals surface area contributed by atoms with Crippen molar-refractivity contribution in [3.63, 3.8) is 0 Å². The summed E-state index contributed by atoms with van der Waals surface area (Å²) < 4.78 is 46.5. The topological polar surface area (TPSA) is 44.1 Å². The number of aryl methyl sites for hydroxylation is 1. The molecule has 1 aromatic heterocycles. The van der Waals surface area contributed by atoms with Crippen molar-refractivity contribution in [1.29, 1.82) is 0 Å². The number of carbonyl (C=O) groups excluding carboxylic acids is 1. The first-order valence-electron chi connectivity index (χ1n) is 7.60. The van der Waals surface area contributed by atoms with Crippen LogP contribution in [0.3, 0.4) is 0 Å². The summed E-state index contributed by atoms with van der Waals surface area (Å²) in [4.78, 5) is 15.9. The Kier molecular flexibility index (Phi) is 1.72. The molecular formula is C12H18N2O2. The Morgan fingerprint density at radius 2 is 2.62 bits per heavy atom. The zero-order valence-corrected chi connectivity index (χ0v) is 9.63. The molecule has 0 N–H and O–H groups in total. The summed E-state index contributed by atoms with van der Waals surface area (Å²) in [5.41, 5.74) is 0.390. The average molecular weight is 227 g/mol. The van der Waals surface area contributed by atoms with Crippen molar-refractivity contribution in [2.24, 2.45) is 18.8 Å². The third-order valence-corrected chi connectivity index (χ3v) is 2.80. The van der Waals surface area contributed by atoms with Crippen molar-refractivity contribution in [1.82, 2.24) is 9.55 Å². The number of esters is 1. The molecule has 0 amide bonds. The second-order valence-electron chi connectivity index (χ2n) is 3.76. The number of ether oxygens (including phenoxy) is 1. The molecule has 4 nitrogen and oxygen atoms in total. The van der Waals surface area contributed by atoms with Gasteiger partial charge in [-0.15, -0.1) is 0 Å². The van der Waals surface area contributed by atoms with Crippen LogP contribution in [-0.4, -0.2) is 22.1 Å². The zero-order valence-electron chi connectivity index (χ0n) is 14.6. The number of imidazole rings is 1. The fourth-order valence-electron chi connectivity index (χ4n) is 1.71. The van der Waals surface area contributed by atoms with Crippen LogP contribution in [0.25, 0.3) is 0 Å². The van der Waals surface area contributed by atoms with Crippen molar-refractivity contribution in [2.75, 3.05) is 6.61 Å². The number of aromatic nitrogens is 2. The molecule has 0 aliphatic carbocycles. The van der Waals surface area contributed by atoms with Crippen LogP contribution in [0.4, 0.5) is 0 Å². The third kappa shape index (κ3) is 1.84. The summed E-state index contributed by atoms with van der Waals surface area (Å²) in [7, 11) is 1.68. The van der Waals surface area contributed by atoms with Gasteiger partial charge in [0.2, 0.25) is 0 Å². The fraction of sp³-hybridized carbons (Fsp3) is 0.667. The Balaban J connectivity index is 2.49. The minimum absolute atomic E-state index is 0.0278. The second-order valence-corrected chi connectivity index (χ2v) is 3.76. The third-order valence-electron chi connectivity index (χ3n) is 2.80. The number of hydrogen-bond donors (Lipinski definition) is 0. The van der Waals surface area contributed by atoms with Gasteiger partial charge in [0, 0.05) is 30.3 Å². The minimum Gasteiger partial charge on any atom is -0.465 e. The van der Waals surface area contributed by atoms with Crippen molar-refractivity contribution in [3.05, 3.63) is 17.7 Å². The first kappa shape index (κ1) is 6.42. The molecule has 1 aliphatic heterocycles. The van der Waals surface area contributed by atoms with E-state index in [2.05, 4.69) is 4.98 Å². The van der Waals surface area contributed by atoms with Crippen molar-refractivity contribution in [2.45, 2.75) is 26.6 Å². The van der Waals surface area contributed by atoms with E-state index < -0.39 is 24.1 Å². The largest absolute Gasteiger partial charge is 0.465 e. The molecule has 0 unspecified atom stereocenters. The highest BCUT2D eigenvalue weighted by molar-refractivity contribution is 5.74. The van der Waals surface area contributed by atoms with Crippen LogP contribution in [0.2, 0.25) is 0 Å². The van der Waals surface area contributed by atoms with Crippen LogP contribution in [0.1, 0.15) is 31.7 Å². The van der Waals surface area contributed by atoms with Crippen LogP contribution in [0, 0.1) is 18.7 Å². The quantitative estimate of drug-likeness (QED) is 0.734. The van der Waals surface area contributed by atoms with Gasteiger partial charge in [-0.3, -0.25) is 4.79 Å². The molecule has 2 heterocycles. The van der Waals surface area contributed by atoms with Gasteiger partial charge in [0.1, 0.15) is 5.82 Å². The average Bonchev–Trinajstić information content (AvgIpc) is 2.73. The van der Waals surface area contributed by atoms with E-state index in [9.17, 15) is 4.79 Å². The molecule has 1 saturated heterocycles. The van der Waals surface area contributed by atoms with E-state index in [0.29, 0.717) is 11.5 Å². The molecule has 1 aliphatic rings. The van der Waals surface area contributed by atoms with E-state index in [0.717, 1.165) is 6.92 Å². The van der Waals surface area contributed by atoms with Gasteiger partial charge in [0.05, 0.1) is 13.9 Å². The molecule has 4 heteroatoms. The van der Waals surface area contributed by atoms with Gasteiger partial charge >= 0.3 is 5.97 Å². The molecule has 88 valence electrons. The minimum atomic E-state index is -2.34. The highest BCUT2D eigenvalue weighted by atomic mass is 16.5. The van der Waals surface area contributed by atoms with Gasteiger partial charge in [-0.1, -0.05) is 6.92 Å². The van der Waals surface area contributed by atoms with Gasteiger partial charge in [-0.25, -0.2) is 4.98 Å². The zero-order chi connectivity index (χ0) is 16.2. The van der Waals surface area contributed by atoms with E-state index >= 15 is 0 Å². The van der Waals surface area contributed by atoms with E-state index in [1.807, 2.05) is 0 Å². The summed E-state index contributed by atoms with van der Waals surface area (Å²) in [5.74, 6) is -4.60. The maximum atomic E-state index is 11.9.